The molecule has 2 heterocycles. The van der Waals surface area contributed by atoms with Gasteiger partial charge in [0.05, 0.1) is 11.8 Å². The zero-order valence-corrected chi connectivity index (χ0v) is 16.1. The summed E-state index contributed by atoms with van der Waals surface area (Å²) in [5.41, 5.74) is 2.74. The van der Waals surface area contributed by atoms with E-state index >= 15 is 0 Å². The Hall–Kier alpha value is -2.50. The van der Waals surface area contributed by atoms with E-state index in [1.165, 1.54) is 11.3 Å². The molecule has 1 aliphatic heterocycles. The van der Waals surface area contributed by atoms with Crippen molar-refractivity contribution in [3.63, 3.8) is 0 Å². The van der Waals surface area contributed by atoms with Crippen molar-refractivity contribution in [1.29, 1.82) is 0 Å². The summed E-state index contributed by atoms with van der Waals surface area (Å²) >= 11 is 1.46. The Morgan fingerprint density at radius 3 is 2.41 bits per heavy atom. The summed E-state index contributed by atoms with van der Waals surface area (Å²) in [4.78, 5) is 20.5. The van der Waals surface area contributed by atoms with Crippen molar-refractivity contribution >= 4 is 17.2 Å². The number of nitrogens with zero attached hydrogens (tertiary/aromatic N) is 2. The van der Waals surface area contributed by atoms with Gasteiger partial charge in [0, 0.05) is 31.3 Å². The highest BCUT2D eigenvalue weighted by molar-refractivity contribution is 7.17. The van der Waals surface area contributed by atoms with E-state index in [1.54, 1.807) is 4.90 Å². The minimum absolute atomic E-state index is 0.00374. The van der Waals surface area contributed by atoms with E-state index in [1.807, 2.05) is 67.7 Å². The molecule has 1 aliphatic rings. The molecule has 0 aliphatic carbocycles. The maximum absolute atomic E-state index is 13.2. The molecule has 138 valence electrons. The molecule has 1 unspecified atom stereocenters. The quantitative estimate of drug-likeness (QED) is 0.645. The van der Waals surface area contributed by atoms with Crippen LogP contribution in [0.1, 0.15) is 22.5 Å². The minimum Gasteiger partial charge on any atom is -0.376 e. The predicted molar refractivity (Wildman–Crippen MR) is 109 cm³/mol. The first-order chi connectivity index (χ1) is 13.2. The molecule has 1 fully saturated rings. The lowest BCUT2D eigenvalue weighted by Gasteiger charge is -2.20. The summed E-state index contributed by atoms with van der Waals surface area (Å²) < 4.78 is 5.69. The first kappa shape index (κ1) is 17.9. The Morgan fingerprint density at radius 1 is 1.11 bits per heavy atom. The number of hydrogen-bond acceptors (Lipinski definition) is 4. The maximum Gasteiger partial charge on any atom is 0.266 e. The third kappa shape index (κ3) is 3.94. The Labute approximate surface area is 163 Å². The lowest BCUT2D eigenvalue weighted by molar-refractivity contribution is 0.0591. The molecule has 27 heavy (non-hydrogen) atoms. The smallest absolute Gasteiger partial charge is 0.266 e. The highest BCUT2D eigenvalue weighted by atomic mass is 32.1. The largest absolute Gasteiger partial charge is 0.376 e. The van der Waals surface area contributed by atoms with Crippen molar-refractivity contribution in [3.8, 4) is 21.8 Å². The van der Waals surface area contributed by atoms with Gasteiger partial charge >= 0.3 is 0 Å². The van der Waals surface area contributed by atoms with E-state index in [0.717, 1.165) is 41.3 Å². The highest BCUT2D eigenvalue weighted by Gasteiger charge is 2.26. The predicted octanol–water partition coefficient (Wildman–Crippen LogP) is 4.73. The number of hydrogen-bond donors (Lipinski definition) is 0. The average Bonchev–Trinajstić information content (AvgIpc) is 3.39. The fourth-order valence-electron chi connectivity index (χ4n) is 3.31. The molecular weight excluding hydrogens is 356 g/mol. The van der Waals surface area contributed by atoms with Crippen LogP contribution in [0.15, 0.2) is 60.7 Å². The van der Waals surface area contributed by atoms with Gasteiger partial charge in [-0.1, -0.05) is 60.7 Å². The van der Waals surface area contributed by atoms with E-state index in [9.17, 15) is 4.79 Å². The van der Waals surface area contributed by atoms with Crippen LogP contribution >= 0.6 is 11.3 Å². The zero-order chi connectivity index (χ0) is 18.6. The fourth-order valence-corrected chi connectivity index (χ4v) is 4.40. The van der Waals surface area contributed by atoms with E-state index in [2.05, 4.69) is 0 Å². The van der Waals surface area contributed by atoms with Crippen molar-refractivity contribution in [2.24, 2.45) is 0 Å². The minimum atomic E-state index is 0.00374. The molecule has 1 amide bonds. The van der Waals surface area contributed by atoms with Crippen molar-refractivity contribution in [3.05, 3.63) is 65.5 Å². The Morgan fingerprint density at radius 2 is 1.78 bits per heavy atom. The van der Waals surface area contributed by atoms with Gasteiger partial charge in [0.2, 0.25) is 0 Å². The molecule has 1 atom stereocenters. The lowest BCUT2D eigenvalue weighted by Crippen LogP contribution is -2.33. The molecular formula is C22H22N2O2S. The van der Waals surface area contributed by atoms with Crippen LogP contribution < -0.4 is 0 Å². The second kappa shape index (κ2) is 8.03. The van der Waals surface area contributed by atoms with Crippen LogP contribution in [0.4, 0.5) is 0 Å². The van der Waals surface area contributed by atoms with Crippen LogP contribution in [0.2, 0.25) is 0 Å². The molecule has 1 aromatic heterocycles. The van der Waals surface area contributed by atoms with E-state index < -0.39 is 0 Å². The number of amides is 1. The second-order valence-corrected chi connectivity index (χ2v) is 7.75. The van der Waals surface area contributed by atoms with Crippen molar-refractivity contribution < 1.29 is 9.53 Å². The van der Waals surface area contributed by atoms with Crippen LogP contribution in [0.3, 0.4) is 0 Å². The van der Waals surface area contributed by atoms with Crippen LogP contribution in [0.5, 0.6) is 0 Å². The number of aromatic nitrogens is 1. The molecule has 0 bridgehead atoms. The average molecular weight is 378 g/mol. The first-order valence-corrected chi connectivity index (χ1v) is 10.0. The zero-order valence-electron chi connectivity index (χ0n) is 15.3. The number of thiazole rings is 1. The molecule has 0 radical (unpaired) electrons. The molecule has 0 spiro atoms. The highest BCUT2D eigenvalue weighted by Crippen LogP contribution is 2.34. The third-order valence-corrected chi connectivity index (χ3v) is 5.83. The molecule has 4 rings (SSSR count). The van der Waals surface area contributed by atoms with Gasteiger partial charge in [-0.15, -0.1) is 11.3 Å². The normalized spacial score (nSPS) is 16.4. The Bertz CT molecular complexity index is 903. The van der Waals surface area contributed by atoms with Crippen LogP contribution in [-0.2, 0) is 4.74 Å². The number of ether oxygens (including phenoxy) is 1. The molecule has 5 heteroatoms. The van der Waals surface area contributed by atoms with Gasteiger partial charge in [-0.2, -0.15) is 0 Å². The van der Waals surface area contributed by atoms with E-state index in [0.29, 0.717) is 11.4 Å². The molecule has 3 aromatic rings. The topological polar surface area (TPSA) is 42.4 Å². The summed E-state index contributed by atoms with van der Waals surface area (Å²) in [6.45, 7) is 1.41. The lowest BCUT2D eigenvalue weighted by atomic mass is 10.1. The monoisotopic (exact) mass is 378 g/mol. The number of carbonyl (C=O) groups is 1. The standard InChI is InChI=1S/C22H22N2O2S/c1-24(15-18-13-8-14-26-18)22(25)20-19(16-9-4-2-5-10-16)23-21(27-20)17-11-6-3-7-12-17/h2-7,9-12,18H,8,13-15H2,1H3. The summed E-state index contributed by atoms with van der Waals surface area (Å²) in [5.74, 6) is 0.00374. The second-order valence-electron chi connectivity index (χ2n) is 6.75. The summed E-state index contributed by atoms with van der Waals surface area (Å²) in [6.07, 6.45) is 2.22. The molecule has 2 aromatic carbocycles. The van der Waals surface area contributed by atoms with Gasteiger partial charge in [0.25, 0.3) is 5.91 Å². The molecule has 0 N–H and O–H groups in total. The number of benzene rings is 2. The summed E-state index contributed by atoms with van der Waals surface area (Å²) in [5, 5.41) is 0.864. The van der Waals surface area contributed by atoms with Gasteiger partial charge in [-0.25, -0.2) is 4.98 Å². The molecule has 1 saturated heterocycles. The van der Waals surface area contributed by atoms with Gasteiger partial charge in [-0.05, 0) is 12.8 Å². The number of likely N-dealkylation sites (N-methyl/N-ethyl adjacent to an activating group) is 1. The van der Waals surface area contributed by atoms with Crippen LogP contribution in [0, 0.1) is 0 Å². The van der Waals surface area contributed by atoms with E-state index in [4.69, 9.17) is 9.72 Å². The number of rotatable bonds is 5. The van der Waals surface area contributed by atoms with Crippen molar-refractivity contribution in [1.82, 2.24) is 9.88 Å². The van der Waals surface area contributed by atoms with Gasteiger partial charge in [-0.3, -0.25) is 4.79 Å². The van der Waals surface area contributed by atoms with Crippen LogP contribution in [-0.4, -0.2) is 42.1 Å². The summed E-state index contributed by atoms with van der Waals surface area (Å²) in [6, 6.07) is 19.9. The summed E-state index contributed by atoms with van der Waals surface area (Å²) in [7, 11) is 1.85. The van der Waals surface area contributed by atoms with E-state index in [-0.39, 0.29) is 12.0 Å². The fraction of sp³-hybridized carbons (Fsp3) is 0.273. The Kier molecular flexibility index (Phi) is 5.32. The third-order valence-electron chi connectivity index (χ3n) is 4.74. The molecule has 4 nitrogen and oxygen atoms in total. The number of carbonyl (C=O) groups excluding carboxylic acids is 1. The SMILES string of the molecule is CN(CC1CCCO1)C(=O)c1sc(-c2ccccc2)nc1-c1ccccc1. The maximum atomic E-state index is 13.2. The molecule has 0 saturated carbocycles. The van der Waals surface area contributed by atoms with Gasteiger partial charge < -0.3 is 9.64 Å². The van der Waals surface area contributed by atoms with Crippen molar-refractivity contribution in [2.75, 3.05) is 20.2 Å². The van der Waals surface area contributed by atoms with Gasteiger partial charge in [0.1, 0.15) is 9.88 Å². The van der Waals surface area contributed by atoms with Crippen LogP contribution in [0.25, 0.3) is 21.8 Å². The Balaban J connectivity index is 1.69. The van der Waals surface area contributed by atoms with Crippen molar-refractivity contribution in [2.45, 2.75) is 18.9 Å². The first-order valence-electron chi connectivity index (χ1n) is 9.21. The van der Waals surface area contributed by atoms with Gasteiger partial charge in [0.15, 0.2) is 0 Å².